The van der Waals surface area contributed by atoms with Gasteiger partial charge in [0.15, 0.2) is 23.4 Å². The molecule has 17 nitrogen and oxygen atoms in total. The lowest BCUT2D eigenvalue weighted by Crippen LogP contribution is -2.35. The Morgan fingerprint density at radius 3 is 2.56 bits per heavy atom. The van der Waals surface area contributed by atoms with Crippen molar-refractivity contribution in [2.45, 2.75) is 37.5 Å². The van der Waals surface area contributed by atoms with Crippen molar-refractivity contribution in [3.05, 3.63) is 78.6 Å². The molecule has 2 aromatic carbocycles. The van der Waals surface area contributed by atoms with E-state index < -0.39 is 24.5 Å². The van der Waals surface area contributed by atoms with Crippen LogP contribution in [-0.2, 0) is 16.0 Å². The molecule has 50 heavy (non-hydrogen) atoms. The molecule has 6 rings (SSSR count). The number of azo groups is 1. The summed E-state index contributed by atoms with van der Waals surface area (Å²) >= 11 is 0. The van der Waals surface area contributed by atoms with Crippen LogP contribution in [0.25, 0.3) is 11.2 Å². The second-order valence-corrected chi connectivity index (χ2v) is 11.5. The maximum atomic E-state index is 12.6. The first-order valence-corrected chi connectivity index (χ1v) is 15.8. The molecule has 5 aromatic rings. The molecule has 258 valence electrons. The number of hydrogen-bond acceptors (Lipinski definition) is 14. The summed E-state index contributed by atoms with van der Waals surface area (Å²) in [7, 11) is 3.95. The van der Waals surface area contributed by atoms with Crippen LogP contribution in [0.4, 0.5) is 22.9 Å². The predicted octanol–water partition coefficient (Wildman–Crippen LogP) is 1.99. The lowest BCUT2D eigenvalue weighted by atomic mass is 10.1. The Morgan fingerprint density at radius 2 is 1.84 bits per heavy atom. The van der Waals surface area contributed by atoms with Gasteiger partial charge in [-0.05, 0) is 60.9 Å². The van der Waals surface area contributed by atoms with Gasteiger partial charge in [-0.3, -0.25) is 14.0 Å². The monoisotopic (exact) mass is 680 g/mol. The molecule has 0 aliphatic carbocycles. The first-order chi connectivity index (χ1) is 24.3. The van der Waals surface area contributed by atoms with Crippen LogP contribution in [0.15, 0.2) is 77.6 Å². The van der Waals surface area contributed by atoms with Gasteiger partial charge < -0.3 is 35.6 Å². The Morgan fingerprint density at radius 1 is 1.10 bits per heavy atom. The van der Waals surface area contributed by atoms with Crippen LogP contribution >= 0.6 is 0 Å². The number of aliphatic hydroxyl groups is 2. The first kappa shape index (κ1) is 34.1. The van der Waals surface area contributed by atoms with Gasteiger partial charge in [0.1, 0.15) is 30.2 Å². The van der Waals surface area contributed by atoms with E-state index in [0.717, 1.165) is 11.4 Å². The number of aliphatic hydroxyl groups excluding tert-OH is 2. The van der Waals surface area contributed by atoms with E-state index >= 15 is 0 Å². The van der Waals surface area contributed by atoms with Crippen molar-refractivity contribution in [1.29, 1.82) is 0 Å². The Balaban J connectivity index is 0.945. The first-order valence-electron chi connectivity index (χ1n) is 15.8. The molecule has 0 bridgehead atoms. The van der Waals surface area contributed by atoms with Crippen molar-refractivity contribution in [2.75, 3.05) is 44.5 Å². The van der Waals surface area contributed by atoms with Crippen LogP contribution < -0.4 is 16.0 Å². The number of fused-ring (bicyclic) bond motifs is 1. The van der Waals surface area contributed by atoms with Gasteiger partial charge in [0, 0.05) is 38.5 Å². The van der Waals surface area contributed by atoms with Crippen LogP contribution in [0, 0.1) is 11.8 Å². The quantitative estimate of drug-likeness (QED) is 0.0845. The minimum Gasteiger partial charge on any atom is -0.394 e. The summed E-state index contributed by atoms with van der Waals surface area (Å²) in [5.74, 6) is 5.73. The molecule has 1 aliphatic heterocycles. The summed E-state index contributed by atoms with van der Waals surface area (Å²) in [6.07, 6.45) is 1.53. The van der Waals surface area contributed by atoms with E-state index in [1.165, 1.54) is 12.7 Å². The van der Waals surface area contributed by atoms with E-state index in [-0.39, 0.29) is 31.5 Å². The molecule has 1 amide bonds. The van der Waals surface area contributed by atoms with Crippen molar-refractivity contribution in [3.63, 3.8) is 0 Å². The fourth-order valence-corrected chi connectivity index (χ4v) is 5.21. The number of imidazole rings is 1. The third kappa shape index (κ3) is 7.90. The molecule has 0 spiro atoms. The smallest absolute Gasteiger partial charge is 0.252 e. The standard InChI is InChI=1S/C33H36N12O5/c1-43(2)25-12-10-23(11-13-25)40-39-22-8-6-21(7-9-22)32(48)35-14-3-5-24-17-44(42-41-24)15-4-16-49-29-28(47)26(18-46)50-33(29)45-20-38-27-30(34)36-19-37-31(27)45/h6-13,17,19-20,26,28-29,33,46-47H,4,14-16,18H2,1-2H3,(H,35,48)(H2,34,36,37)/t26-,28-,29-,33-/m1/s1. The fourth-order valence-electron chi connectivity index (χ4n) is 5.21. The molecule has 4 atom stereocenters. The average Bonchev–Trinajstić information content (AvgIpc) is 3.85. The number of anilines is 2. The molecule has 3 aromatic heterocycles. The number of nitrogens with two attached hydrogens (primary N) is 1. The Hall–Kier alpha value is -5.80. The number of amides is 1. The van der Waals surface area contributed by atoms with Crippen molar-refractivity contribution < 1.29 is 24.5 Å². The third-order valence-electron chi connectivity index (χ3n) is 7.86. The van der Waals surface area contributed by atoms with Crippen LogP contribution in [0.3, 0.4) is 0 Å². The maximum absolute atomic E-state index is 12.6. The summed E-state index contributed by atoms with van der Waals surface area (Å²) in [6, 6.07) is 14.5. The van der Waals surface area contributed by atoms with E-state index in [1.807, 2.05) is 43.3 Å². The Bertz CT molecular complexity index is 2000. The fraction of sp³-hybridized carbons (Fsp3) is 0.333. The third-order valence-corrected chi connectivity index (χ3v) is 7.86. The summed E-state index contributed by atoms with van der Waals surface area (Å²) < 4.78 is 15.2. The van der Waals surface area contributed by atoms with Crippen LogP contribution in [-0.4, -0.2) is 103 Å². The summed E-state index contributed by atoms with van der Waals surface area (Å²) in [5.41, 5.74) is 10.1. The summed E-state index contributed by atoms with van der Waals surface area (Å²) in [6.45, 7) is 0.462. The molecular formula is C33H36N12O5. The van der Waals surface area contributed by atoms with E-state index in [1.54, 1.807) is 39.7 Å². The summed E-state index contributed by atoms with van der Waals surface area (Å²) in [4.78, 5) is 27.0. The normalized spacial score (nSPS) is 18.7. The maximum Gasteiger partial charge on any atom is 0.252 e. The number of carbonyl (C=O) groups is 1. The zero-order valence-corrected chi connectivity index (χ0v) is 27.4. The highest BCUT2D eigenvalue weighted by molar-refractivity contribution is 5.94. The van der Waals surface area contributed by atoms with Gasteiger partial charge in [-0.15, -0.1) is 5.10 Å². The molecule has 1 aliphatic rings. The van der Waals surface area contributed by atoms with Crippen molar-refractivity contribution in [2.24, 2.45) is 10.2 Å². The van der Waals surface area contributed by atoms with Gasteiger partial charge in [0.2, 0.25) is 0 Å². The number of rotatable bonds is 12. The van der Waals surface area contributed by atoms with Crippen molar-refractivity contribution >= 4 is 40.0 Å². The van der Waals surface area contributed by atoms with Crippen LogP contribution in [0.2, 0.25) is 0 Å². The lowest BCUT2D eigenvalue weighted by molar-refractivity contribution is -0.0713. The number of nitrogens with zero attached hydrogens (tertiary/aromatic N) is 10. The molecule has 1 fully saturated rings. The zero-order valence-electron chi connectivity index (χ0n) is 27.4. The number of aryl methyl sites for hydroxylation is 1. The number of nitrogen functional groups attached to an aromatic ring is 1. The Labute approximate surface area is 286 Å². The highest BCUT2D eigenvalue weighted by Gasteiger charge is 2.45. The van der Waals surface area contributed by atoms with Gasteiger partial charge in [-0.2, -0.15) is 10.2 Å². The van der Waals surface area contributed by atoms with Gasteiger partial charge in [-0.1, -0.05) is 11.1 Å². The lowest BCUT2D eigenvalue weighted by Gasteiger charge is -2.22. The number of nitrogens with one attached hydrogen (secondary N) is 1. The number of hydrogen-bond donors (Lipinski definition) is 4. The van der Waals surface area contributed by atoms with E-state index in [9.17, 15) is 15.0 Å². The average molecular weight is 681 g/mol. The van der Waals surface area contributed by atoms with Gasteiger partial charge in [0.25, 0.3) is 5.91 Å². The van der Waals surface area contributed by atoms with Gasteiger partial charge >= 0.3 is 0 Å². The second-order valence-electron chi connectivity index (χ2n) is 11.5. The van der Waals surface area contributed by atoms with E-state index in [2.05, 4.69) is 52.7 Å². The van der Waals surface area contributed by atoms with Gasteiger partial charge in [-0.25, -0.2) is 15.0 Å². The second kappa shape index (κ2) is 15.6. The SMILES string of the molecule is CN(C)c1ccc(N=Nc2ccc(C(=O)NCC#Cc3cn(CCCO[C@@H]4[C@H](O)[C@@H](CO)O[C@H]4n4cnc5c(N)ncnc54)nn3)cc2)cc1. The molecule has 4 heterocycles. The topological polar surface area (TPSA) is 216 Å². The highest BCUT2D eigenvalue weighted by atomic mass is 16.6. The number of aromatic nitrogens is 7. The molecular weight excluding hydrogens is 644 g/mol. The minimum atomic E-state index is -1.08. The van der Waals surface area contributed by atoms with E-state index in [4.69, 9.17) is 15.2 Å². The molecule has 0 radical (unpaired) electrons. The van der Waals surface area contributed by atoms with Crippen LogP contribution in [0.1, 0.15) is 28.7 Å². The van der Waals surface area contributed by atoms with Gasteiger partial charge in [0.05, 0.1) is 37.1 Å². The molecule has 5 N–H and O–H groups in total. The summed E-state index contributed by atoms with van der Waals surface area (Å²) in [5, 5.41) is 39.9. The molecule has 1 saturated heterocycles. The van der Waals surface area contributed by atoms with Crippen molar-refractivity contribution in [1.82, 2.24) is 39.8 Å². The number of carbonyl (C=O) groups excluding carboxylic acids is 1. The molecule has 17 heteroatoms. The van der Waals surface area contributed by atoms with E-state index in [0.29, 0.717) is 41.1 Å². The largest absolute Gasteiger partial charge is 0.394 e. The molecule has 0 unspecified atom stereocenters. The molecule has 0 saturated carbocycles. The minimum absolute atomic E-state index is 0.122. The highest BCUT2D eigenvalue weighted by Crippen LogP contribution is 2.34. The Kier molecular flexibility index (Phi) is 10.6. The predicted molar refractivity (Wildman–Crippen MR) is 182 cm³/mol. The number of benzene rings is 2. The zero-order chi connectivity index (χ0) is 35.0. The van der Waals surface area contributed by atoms with Crippen LogP contribution in [0.5, 0.6) is 0 Å². The van der Waals surface area contributed by atoms with Crippen molar-refractivity contribution in [3.8, 4) is 11.8 Å². The number of ether oxygens (including phenoxy) is 2.